The first-order valence-electron chi connectivity index (χ1n) is 9.70. The number of aryl methyl sites for hydroxylation is 1. The zero-order valence-corrected chi connectivity index (χ0v) is 17.1. The highest BCUT2D eigenvalue weighted by Crippen LogP contribution is 2.51. The van der Waals surface area contributed by atoms with Crippen LogP contribution < -0.4 is 4.31 Å². The predicted octanol–water partition coefficient (Wildman–Crippen LogP) is 4.19. The number of esters is 1. The Morgan fingerprint density at radius 1 is 1.04 bits per heavy atom. The molecule has 1 aliphatic heterocycles. The van der Waals surface area contributed by atoms with Crippen molar-refractivity contribution in [2.24, 2.45) is 0 Å². The number of carbonyl (C=O) groups excluding carboxylic acids is 1. The van der Waals surface area contributed by atoms with Gasteiger partial charge in [-0.05, 0) is 55.7 Å². The summed E-state index contributed by atoms with van der Waals surface area (Å²) in [4.78, 5) is 12.4. The summed E-state index contributed by atoms with van der Waals surface area (Å²) in [5.74, 6) is -0.395. The van der Waals surface area contributed by atoms with E-state index >= 15 is 0 Å². The number of ether oxygens (including phenoxy) is 1. The molecule has 0 bridgehead atoms. The SMILES string of the molecule is COC(=O)c1ccc2c(c1)C1(CCCCC1)CN2S(=O)(=O)c1ccc(C)cc1. The normalized spacial score (nSPS) is 18.1. The first-order chi connectivity index (χ1) is 13.4. The van der Waals surface area contributed by atoms with Gasteiger partial charge >= 0.3 is 5.97 Å². The van der Waals surface area contributed by atoms with Crippen LogP contribution in [0.25, 0.3) is 0 Å². The second-order valence-electron chi connectivity index (χ2n) is 7.89. The quantitative estimate of drug-likeness (QED) is 0.726. The highest BCUT2D eigenvalue weighted by molar-refractivity contribution is 7.92. The van der Waals surface area contributed by atoms with Gasteiger partial charge in [0.1, 0.15) is 0 Å². The topological polar surface area (TPSA) is 63.7 Å². The molecule has 1 aliphatic carbocycles. The first-order valence-corrected chi connectivity index (χ1v) is 11.1. The van der Waals surface area contributed by atoms with E-state index in [9.17, 15) is 13.2 Å². The van der Waals surface area contributed by atoms with Crippen molar-refractivity contribution in [3.8, 4) is 0 Å². The number of hydrogen-bond acceptors (Lipinski definition) is 4. The zero-order valence-electron chi connectivity index (χ0n) is 16.3. The summed E-state index contributed by atoms with van der Waals surface area (Å²) in [6.45, 7) is 2.37. The molecule has 28 heavy (non-hydrogen) atoms. The van der Waals surface area contributed by atoms with Crippen LogP contribution in [0.2, 0.25) is 0 Å². The van der Waals surface area contributed by atoms with E-state index in [4.69, 9.17) is 4.74 Å². The molecule has 2 aromatic rings. The average molecular weight is 400 g/mol. The van der Waals surface area contributed by atoms with Crippen LogP contribution in [-0.2, 0) is 20.2 Å². The number of methoxy groups -OCH3 is 1. The molecule has 0 atom stereocenters. The number of benzene rings is 2. The van der Waals surface area contributed by atoms with Crippen LogP contribution in [0.5, 0.6) is 0 Å². The standard InChI is InChI=1S/C22H25NO4S/c1-16-6-9-18(10-7-16)28(25,26)23-15-22(12-4-3-5-13-22)19-14-17(21(24)27-2)8-11-20(19)23/h6-11,14H,3-5,12-13,15H2,1-2H3. The Morgan fingerprint density at radius 3 is 2.36 bits per heavy atom. The van der Waals surface area contributed by atoms with Gasteiger partial charge in [-0.1, -0.05) is 37.0 Å². The largest absolute Gasteiger partial charge is 0.465 e. The molecule has 148 valence electrons. The summed E-state index contributed by atoms with van der Waals surface area (Å²) in [5, 5.41) is 0. The Kier molecular flexibility index (Phi) is 4.70. The number of rotatable bonds is 3. The maximum atomic E-state index is 13.4. The molecule has 1 fully saturated rings. The van der Waals surface area contributed by atoms with Crippen LogP contribution >= 0.6 is 0 Å². The molecule has 0 unspecified atom stereocenters. The summed E-state index contributed by atoms with van der Waals surface area (Å²) in [6.07, 6.45) is 5.17. The molecule has 0 amide bonds. The number of fused-ring (bicyclic) bond motifs is 2. The molecule has 1 spiro atoms. The number of hydrogen-bond donors (Lipinski definition) is 0. The fourth-order valence-electron chi connectivity index (χ4n) is 4.58. The summed E-state index contributed by atoms with van der Waals surface area (Å²) in [6, 6.07) is 12.2. The van der Waals surface area contributed by atoms with Gasteiger partial charge in [0.25, 0.3) is 10.0 Å². The van der Waals surface area contributed by atoms with E-state index in [1.165, 1.54) is 13.5 Å². The third kappa shape index (κ3) is 3.00. The van der Waals surface area contributed by atoms with Gasteiger partial charge in [0.05, 0.1) is 23.3 Å². The number of carbonyl (C=O) groups is 1. The molecule has 0 aromatic heterocycles. The molecule has 0 radical (unpaired) electrons. The van der Waals surface area contributed by atoms with E-state index in [2.05, 4.69) is 0 Å². The minimum absolute atomic E-state index is 0.227. The lowest BCUT2D eigenvalue weighted by molar-refractivity contribution is 0.0600. The molecule has 1 heterocycles. The molecule has 1 saturated carbocycles. The Hall–Kier alpha value is -2.34. The number of sulfonamides is 1. The number of nitrogens with zero attached hydrogens (tertiary/aromatic N) is 1. The van der Waals surface area contributed by atoms with Gasteiger partial charge in [-0.2, -0.15) is 0 Å². The lowest BCUT2D eigenvalue weighted by Gasteiger charge is -2.34. The van der Waals surface area contributed by atoms with Crippen molar-refractivity contribution in [1.82, 2.24) is 0 Å². The summed E-state index contributed by atoms with van der Waals surface area (Å²) in [7, 11) is -2.30. The van der Waals surface area contributed by atoms with E-state index in [0.717, 1.165) is 36.8 Å². The van der Waals surface area contributed by atoms with Crippen molar-refractivity contribution in [3.05, 3.63) is 59.2 Å². The third-order valence-electron chi connectivity index (χ3n) is 6.12. The fraction of sp³-hybridized carbons (Fsp3) is 0.409. The van der Waals surface area contributed by atoms with Crippen molar-refractivity contribution in [1.29, 1.82) is 0 Å². The van der Waals surface area contributed by atoms with Gasteiger partial charge < -0.3 is 4.74 Å². The zero-order chi connectivity index (χ0) is 19.9. The van der Waals surface area contributed by atoms with E-state index in [1.54, 1.807) is 28.6 Å². The van der Waals surface area contributed by atoms with Gasteiger partial charge in [0, 0.05) is 12.0 Å². The van der Waals surface area contributed by atoms with E-state index in [-0.39, 0.29) is 5.41 Å². The van der Waals surface area contributed by atoms with Crippen molar-refractivity contribution < 1.29 is 17.9 Å². The highest BCUT2D eigenvalue weighted by atomic mass is 32.2. The second kappa shape index (κ2) is 6.92. The maximum absolute atomic E-state index is 13.4. The Morgan fingerprint density at radius 2 is 1.71 bits per heavy atom. The Balaban J connectivity index is 1.83. The lowest BCUT2D eigenvalue weighted by Crippen LogP contribution is -2.38. The lowest BCUT2D eigenvalue weighted by atomic mass is 9.70. The van der Waals surface area contributed by atoms with Crippen LogP contribution in [0.15, 0.2) is 47.4 Å². The van der Waals surface area contributed by atoms with Gasteiger partial charge in [-0.25, -0.2) is 13.2 Å². The molecule has 4 rings (SSSR count). The van der Waals surface area contributed by atoms with Gasteiger partial charge in [0.2, 0.25) is 0 Å². The van der Waals surface area contributed by atoms with Crippen molar-refractivity contribution in [2.45, 2.75) is 49.3 Å². The minimum atomic E-state index is -3.67. The van der Waals surface area contributed by atoms with Gasteiger partial charge in [0.15, 0.2) is 0 Å². The van der Waals surface area contributed by atoms with Gasteiger partial charge in [-0.15, -0.1) is 0 Å². The monoisotopic (exact) mass is 399 g/mol. The van der Waals surface area contributed by atoms with Crippen LogP contribution in [-0.4, -0.2) is 28.0 Å². The molecule has 2 aliphatic rings. The predicted molar refractivity (Wildman–Crippen MR) is 108 cm³/mol. The van der Waals surface area contributed by atoms with Crippen LogP contribution in [0.1, 0.15) is 53.6 Å². The van der Waals surface area contributed by atoms with Crippen molar-refractivity contribution >= 4 is 21.7 Å². The first kappa shape index (κ1) is 19.0. The second-order valence-corrected chi connectivity index (χ2v) is 9.75. The molecule has 2 aromatic carbocycles. The summed E-state index contributed by atoms with van der Waals surface area (Å²) < 4.78 is 33.3. The third-order valence-corrected chi connectivity index (χ3v) is 7.90. The van der Waals surface area contributed by atoms with E-state index < -0.39 is 16.0 Å². The maximum Gasteiger partial charge on any atom is 0.337 e. The Labute approximate surface area is 166 Å². The van der Waals surface area contributed by atoms with Crippen LogP contribution in [0.4, 0.5) is 5.69 Å². The van der Waals surface area contributed by atoms with E-state index in [1.807, 2.05) is 25.1 Å². The van der Waals surface area contributed by atoms with Crippen LogP contribution in [0, 0.1) is 6.92 Å². The molecule has 0 N–H and O–H groups in total. The van der Waals surface area contributed by atoms with Gasteiger partial charge in [-0.3, -0.25) is 4.31 Å². The van der Waals surface area contributed by atoms with Crippen molar-refractivity contribution in [2.75, 3.05) is 18.0 Å². The smallest absolute Gasteiger partial charge is 0.337 e. The molecular formula is C22H25NO4S. The average Bonchev–Trinajstić information content (AvgIpc) is 3.02. The summed E-state index contributed by atoms with van der Waals surface area (Å²) >= 11 is 0. The number of anilines is 1. The summed E-state index contributed by atoms with van der Waals surface area (Å²) in [5.41, 5.74) is 2.92. The molecule has 5 nitrogen and oxygen atoms in total. The van der Waals surface area contributed by atoms with Crippen molar-refractivity contribution in [3.63, 3.8) is 0 Å². The minimum Gasteiger partial charge on any atom is -0.465 e. The fourth-order valence-corrected chi connectivity index (χ4v) is 6.15. The Bertz CT molecular complexity index is 1010. The molecular weight excluding hydrogens is 374 g/mol. The van der Waals surface area contributed by atoms with Crippen LogP contribution in [0.3, 0.4) is 0 Å². The molecule has 0 saturated heterocycles. The molecule has 6 heteroatoms. The van der Waals surface area contributed by atoms with E-state index in [0.29, 0.717) is 22.7 Å². The highest BCUT2D eigenvalue weighted by Gasteiger charge is 2.47.